The van der Waals surface area contributed by atoms with Gasteiger partial charge in [0.1, 0.15) is 0 Å². The Morgan fingerprint density at radius 3 is 2.75 bits per heavy atom. The van der Waals surface area contributed by atoms with Crippen LogP contribution >= 0.6 is 11.3 Å². The van der Waals surface area contributed by atoms with E-state index in [9.17, 15) is 4.79 Å². The van der Waals surface area contributed by atoms with E-state index < -0.39 is 0 Å². The minimum absolute atomic E-state index is 0.107. The third kappa shape index (κ3) is 2.77. The van der Waals surface area contributed by atoms with Crippen LogP contribution in [0.4, 0.5) is 0 Å². The van der Waals surface area contributed by atoms with Crippen LogP contribution in [0.2, 0.25) is 0 Å². The van der Waals surface area contributed by atoms with Crippen molar-refractivity contribution in [1.82, 2.24) is 10.2 Å². The average Bonchev–Trinajstić information content (AvgIpc) is 3.21. The molecule has 1 aliphatic carbocycles. The summed E-state index contributed by atoms with van der Waals surface area (Å²) in [4.78, 5) is 15.3. The SMILES string of the molecule is CCC1(C(=O)N(Cc2ccsc2)C2CC2)CCNCC1. The smallest absolute Gasteiger partial charge is 0.229 e. The van der Waals surface area contributed by atoms with Crippen LogP contribution in [0.1, 0.15) is 44.6 Å². The quantitative estimate of drug-likeness (QED) is 0.905. The number of hydrogen-bond acceptors (Lipinski definition) is 3. The maximum absolute atomic E-state index is 13.2. The van der Waals surface area contributed by atoms with E-state index in [4.69, 9.17) is 0 Å². The van der Waals surface area contributed by atoms with E-state index in [1.165, 1.54) is 18.4 Å². The molecule has 1 N–H and O–H groups in total. The standard InChI is InChI=1S/C16H24N2OS/c1-2-16(6-8-17-9-7-16)15(19)18(14-3-4-14)11-13-5-10-20-12-13/h5,10,12,14,17H,2-4,6-9,11H2,1H3. The molecule has 2 aliphatic rings. The summed E-state index contributed by atoms with van der Waals surface area (Å²) in [7, 11) is 0. The van der Waals surface area contributed by atoms with Crippen LogP contribution in [-0.4, -0.2) is 29.9 Å². The molecule has 1 saturated carbocycles. The summed E-state index contributed by atoms with van der Waals surface area (Å²) in [6, 6.07) is 2.65. The average molecular weight is 292 g/mol. The lowest BCUT2D eigenvalue weighted by molar-refractivity contribution is -0.145. The van der Waals surface area contributed by atoms with Crippen molar-refractivity contribution in [3.8, 4) is 0 Å². The molecule has 3 rings (SSSR count). The molecule has 110 valence electrons. The van der Waals surface area contributed by atoms with Crippen LogP contribution in [0.5, 0.6) is 0 Å². The van der Waals surface area contributed by atoms with Gasteiger partial charge in [0.05, 0.1) is 5.41 Å². The van der Waals surface area contributed by atoms with E-state index in [0.717, 1.165) is 38.9 Å². The Morgan fingerprint density at radius 1 is 1.45 bits per heavy atom. The number of piperidine rings is 1. The molecule has 1 saturated heterocycles. The van der Waals surface area contributed by atoms with Crippen LogP contribution in [0.15, 0.2) is 16.8 Å². The lowest BCUT2D eigenvalue weighted by Gasteiger charge is -2.39. The van der Waals surface area contributed by atoms with Crippen molar-refractivity contribution >= 4 is 17.2 Å². The van der Waals surface area contributed by atoms with Gasteiger partial charge in [0.15, 0.2) is 0 Å². The first-order valence-corrected chi connectivity index (χ1v) is 8.72. The van der Waals surface area contributed by atoms with Gasteiger partial charge in [-0.15, -0.1) is 0 Å². The second-order valence-corrected chi connectivity index (χ2v) is 6.96. The maximum Gasteiger partial charge on any atom is 0.229 e. The van der Waals surface area contributed by atoms with E-state index in [1.54, 1.807) is 11.3 Å². The highest BCUT2D eigenvalue weighted by Gasteiger charge is 2.44. The molecule has 0 spiro atoms. The van der Waals surface area contributed by atoms with Crippen molar-refractivity contribution in [2.24, 2.45) is 5.41 Å². The summed E-state index contributed by atoms with van der Waals surface area (Å²) in [6.07, 6.45) is 5.34. The third-order valence-electron chi connectivity index (χ3n) is 4.87. The fourth-order valence-electron chi connectivity index (χ4n) is 3.26. The summed E-state index contributed by atoms with van der Waals surface area (Å²) in [5, 5.41) is 7.66. The molecule has 0 radical (unpaired) electrons. The van der Waals surface area contributed by atoms with Crippen LogP contribution in [0.3, 0.4) is 0 Å². The normalized spacial score (nSPS) is 21.6. The van der Waals surface area contributed by atoms with Gasteiger partial charge in [-0.1, -0.05) is 6.92 Å². The molecular weight excluding hydrogens is 268 g/mol. The second-order valence-electron chi connectivity index (χ2n) is 6.18. The largest absolute Gasteiger partial charge is 0.335 e. The molecule has 0 atom stereocenters. The predicted molar refractivity (Wildman–Crippen MR) is 82.7 cm³/mol. The Hall–Kier alpha value is -0.870. The van der Waals surface area contributed by atoms with E-state index in [0.29, 0.717) is 11.9 Å². The molecule has 1 aromatic heterocycles. The lowest BCUT2D eigenvalue weighted by Crippen LogP contribution is -2.49. The van der Waals surface area contributed by atoms with E-state index in [2.05, 4.69) is 34.0 Å². The highest BCUT2D eigenvalue weighted by Crippen LogP contribution is 2.39. The molecular formula is C16H24N2OS. The van der Waals surface area contributed by atoms with Gasteiger partial charge < -0.3 is 10.2 Å². The second kappa shape index (κ2) is 5.86. The highest BCUT2D eigenvalue weighted by molar-refractivity contribution is 7.07. The number of amides is 1. The maximum atomic E-state index is 13.2. The fourth-order valence-corrected chi connectivity index (χ4v) is 3.92. The number of carbonyl (C=O) groups is 1. The van der Waals surface area contributed by atoms with Crippen molar-refractivity contribution in [2.45, 2.75) is 51.6 Å². The van der Waals surface area contributed by atoms with Gasteiger partial charge in [-0.3, -0.25) is 4.79 Å². The molecule has 1 amide bonds. The molecule has 0 unspecified atom stereocenters. The van der Waals surface area contributed by atoms with Crippen LogP contribution in [0.25, 0.3) is 0 Å². The monoisotopic (exact) mass is 292 g/mol. The van der Waals surface area contributed by atoms with E-state index in [-0.39, 0.29) is 5.41 Å². The van der Waals surface area contributed by atoms with Gasteiger partial charge in [-0.05, 0) is 67.6 Å². The zero-order valence-electron chi connectivity index (χ0n) is 12.2. The Kier molecular flexibility index (Phi) is 4.13. The van der Waals surface area contributed by atoms with Crippen LogP contribution in [0, 0.1) is 5.41 Å². The Morgan fingerprint density at radius 2 is 2.20 bits per heavy atom. The number of carbonyl (C=O) groups excluding carboxylic acids is 1. The topological polar surface area (TPSA) is 32.3 Å². The molecule has 1 aromatic rings. The van der Waals surface area contributed by atoms with E-state index >= 15 is 0 Å². The number of nitrogens with one attached hydrogen (secondary N) is 1. The molecule has 0 bridgehead atoms. The molecule has 0 aromatic carbocycles. The molecule has 3 nitrogen and oxygen atoms in total. The number of thiophene rings is 1. The molecule has 2 heterocycles. The summed E-state index contributed by atoms with van der Waals surface area (Å²) in [5.41, 5.74) is 1.18. The minimum Gasteiger partial charge on any atom is -0.335 e. The van der Waals surface area contributed by atoms with Crippen molar-refractivity contribution in [3.05, 3.63) is 22.4 Å². The predicted octanol–water partition coefficient (Wildman–Crippen LogP) is 3.02. The minimum atomic E-state index is -0.107. The lowest BCUT2D eigenvalue weighted by atomic mass is 9.75. The third-order valence-corrected chi connectivity index (χ3v) is 5.60. The summed E-state index contributed by atoms with van der Waals surface area (Å²) >= 11 is 1.72. The zero-order valence-corrected chi connectivity index (χ0v) is 13.0. The van der Waals surface area contributed by atoms with Crippen LogP contribution < -0.4 is 5.32 Å². The van der Waals surface area contributed by atoms with Gasteiger partial charge in [-0.2, -0.15) is 11.3 Å². The van der Waals surface area contributed by atoms with Gasteiger partial charge in [0.2, 0.25) is 5.91 Å². The number of rotatable bonds is 5. The molecule has 4 heteroatoms. The highest BCUT2D eigenvalue weighted by atomic mass is 32.1. The summed E-state index contributed by atoms with van der Waals surface area (Å²) in [5.74, 6) is 0.412. The van der Waals surface area contributed by atoms with Gasteiger partial charge in [0.25, 0.3) is 0 Å². The van der Waals surface area contributed by atoms with Crippen molar-refractivity contribution in [2.75, 3.05) is 13.1 Å². The summed E-state index contributed by atoms with van der Waals surface area (Å²) in [6.45, 7) is 4.95. The number of nitrogens with zero attached hydrogens (tertiary/aromatic N) is 1. The number of hydrogen-bond donors (Lipinski definition) is 1. The Balaban J connectivity index is 1.77. The molecule has 20 heavy (non-hydrogen) atoms. The molecule has 2 fully saturated rings. The first kappa shape index (κ1) is 14.1. The molecule has 1 aliphatic heterocycles. The first-order chi connectivity index (χ1) is 9.75. The van der Waals surface area contributed by atoms with Gasteiger partial charge in [0, 0.05) is 12.6 Å². The Bertz CT molecular complexity index is 447. The summed E-state index contributed by atoms with van der Waals surface area (Å²) < 4.78 is 0. The Labute approximate surface area is 125 Å². The van der Waals surface area contributed by atoms with E-state index in [1.807, 2.05) is 0 Å². The van der Waals surface area contributed by atoms with Crippen LogP contribution in [-0.2, 0) is 11.3 Å². The van der Waals surface area contributed by atoms with Gasteiger partial charge in [-0.25, -0.2) is 0 Å². The van der Waals surface area contributed by atoms with Crippen molar-refractivity contribution in [1.29, 1.82) is 0 Å². The van der Waals surface area contributed by atoms with Crippen molar-refractivity contribution < 1.29 is 4.79 Å². The van der Waals surface area contributed by atoms with Crippen molar-refractivity contribution in [3.63, 3.8) is 0 Å². The first-order valence-electron chi connectivity index (χ1n) is 7.78. The zero-order chi connectivity index (χ0) is 14.0. The fraction of sp³-hybridized carbons (Fsp3) is 0.688. The van der Waals surface area contributed by atoms with Gasteiger partial charge >= 0.3 is 0 Å².